The topological polar surface area (TPSA) is 0 Å². The van der Waals surface area contributed by atoms with Crippen LogP contribution in [0.3, 0.4) is 0 Å². The summed E-state index contributed by atoms with van der Waals surface area (Å²) in [5.74, 6) is 0. The van der Waals surface area contributed by atoms with E-state index in [-0.39, 0.29) is 0 Å². The Balaban J connectivity index is 3.46. The molecule has 8 heteroatoms. The summed E-state index contributed by atoms with van der Waals surface area (Å²) >= 11 is 9.66. The maximum atomic E-state index is 5.87. The van der Waals surface area contributed by atoms with E-state index in [9.17, 15) is 0 Å². The molecule has 0 aliphatic heterocycles. The summed E-state index contributed by atoms with van der Waals surface area (Å²) in [5, 5.41) is 0. The van der Waals surface area contributed by atoms with Crippen molar-refractivity contribution >= 4 is 108 Å². The molecule has 0 unspecified atom stereocenters. The molecule has 8 heavy (non-hydrogen) atoms. The second kappa shape index (κ2) is 7.57. The van der Waals surface area contributed by atoms with Crippen molar-refractivity contribution in [2.75, 3.05) is 0 Å². The Morgan fingerprint density at radius 2 is 1.38 bits per heavy atom. The van der Waals surface area contributed by atoms with Crippen LogP contribution in [-0.2, 0) is 0 Å². The summed E-state index contributed by atoms with van der Waals surface area (Å²) < 4.78 is 0. The molecule has 0 bridgehead atoms. The van der Waals surface area contributed by atoms with Crippen molar-refractivity contribution in [2.24, 2.45) is 0 Å². The molecule has 0 rings (SSSR count). The van der Waals surface area contributed by atoms with E-state index in [1.807, 2.05) is 0 Å². The van der Waals surface area contributed by atoms with Crippen LogP contribution in [0.4, 0.5) is 0 Å². The molecule has 2 radical (unpaired) electrons. The van der Waals surface area contributed by atoms with Gasteiger partial charge in [-0.2, -0.15) is 0 Å². The Hall–Kier alpha value is 5.17. The standard InChI is InChI=1S/BI7/c1-6(2)8(5)7(3)4. The first-order valence-electron chi connectivity index (χ1n) is 1.08. The summed E-state index contributed by atoms with van der Waals surface area (Å²) in [5.41, 5.74) is 5.87. The molecule has 0 spiro atoms. The number of halogens is 7. The molecule has 0 fully saturated rings. The summed E-state index contributed by atoms with van der Waals surface area (Å²) in [6, 6.07) is 0. The van der Waals surface area contributed by atoms with Crippen LogP contribution < -0.4 is 0 Å². The molecule has 0 nitrogen and oxygen atoms in total. The van der Waals surface area contributed by atoms with Gasteiger partial charge in [-0.25, -0.2) is 0 Å². The minimum atomic E-state index is -0.804. The third-order valence-corrected chi connectivity index (χ3v) is 267. The normalized spacial score (nSPS) is 15.2. The fraction of sp³-hybridized carbons (Fsp3) is 0. The average Bonchev–Trinajstić information content (AvgIpc) is 1.64. The van der Waals surface area contributed by atoms with Crippen molar-refractivity contribution in [2.45, 2.75) is 0 Å². The van der Waals surface area contributed by atoms with Gasteiger partial charge in [-0.1, -0.05) is 0 Å². The predicted molar refractivity (Wildman–Crippen MR) is 104 cm³/mol. The van der Waals surface area contributed by atoms with Crippen LogP contribution in [-0.4, -0.2) is 5.70 Å². The molecule has 0 saturated carbocycles. The van der Waals surface area contributed by atoms with E-state index in [4.69, 9.17) is 5.70 Å². The first-order valence-corrected chi connectivity index (χ1v) is 40.0. The second-order valence-electron chi connectivity index (χ2n) is 0.543. The zero-order valence-corrected chi connectivity index (χ0v) is 18.3. The van der Waals surface area contributed by atoms with Gasteiger partial charge in [-0.15, -0.1) is 0 Å². The van der Waals surface area contributed by atoms with Gasteiger partial charge in [-0.3, -0.25) is 0 Å². The zero-order chi connectivity index (χ0) is 6.73. The van der Waals surface area contributed by atoms with Crippen molar-refractivity contribution in [1.29, 1.82) is 0 Å². The summed E-state index contributed by atoms with van der Waals surface area (Å²) in [6.07, 6.45) is 0. The Bertz CT molecular complexity index is 49.4. The van der Waals surface area contributed by atoms with E-state index in [1.165, 1.54) is 0 Å². The van der Waals surface area contributed by atoms with Crippen LogP contribution in [0.2, 0.25) is 0 Å². The Morgan fingerprint density at radius 3 is 1.38 bits per heavy atom. The minimum absolute atomic E-state index is 0.451. The molecule has 0 aliphatic rings. The van der Waals surface area contributed by atoms with Gasteiger partial charge in [0.05, 0.1) is 0 Å². The summed E-state index contributed by atoms with van der Waals surface area (Å²) in [4.78, 5) is 0. The molecule has 0 aliphatic carbocycles. The van der Waals surface area contributed by atoms with Gasteiger partial charge >= 0.3 is 108 Å². The van der Waals surface area contributed by atoms with Crippen molar-refractivity contribution < 1.29 is 0 Å². The SMILES string of the molecule is [B]I(I)I(I)I(I)I. The molecular formula is BI7. The van der Waals surface area contributed by atoms with Gasteiger partial charge in [0, 0.05) is 0 Å². The summed E-state index contributed by atoms with van der Waals surface area (Å²) in [6.45, 7) is 0. The fourth-order valence-corrected chi connectivity index (χ4v) is 257. The van der Waals surface area contributed by atoms with Gasteiger partial charge in [0.1, 0.15) is 0 Å². The van der Waals surface area contributed by atoms with Gasteiger partial charge in [-0.05, 0) is 0 Å². The molecule has 0 heterocycles. The van der Waals surface area contributed by atoms with Crippen molar-refractivity contribution in [3.05, 3.63) is 0 Å². The third-order valence-electron chi connectivity index (χ3n) is 0.185. The van der Waals surface area contributed by atoms with Crippen LogP contribution in [0.5, 0.6) is 0 Å². The van der Waals surface area contributed by atoms with Crippen LogP contribution in [0.15, 0.2) is 0 Å². The first kappa shape index (κ1) is 13.2. The van der Waals surface area contributed by atoms with E-state index < -0.39 is 27.4 Å². The molecule has 0 atom stereocenters. The number of rotatable bonds is 2. The van der Waals surface area contributed by atoms with Gasteiger partial charge in [0.25, 0.3) is 0 Å². The average molecular weight is 899 g/mol. The zero-order valence-electron chi connectivity index (χ0n) is 3.22. The predicted octanol–water partition coefficient (Wildman–Crippen LogP) is 5.82. The van der Waals surface area contributed by atoms with E-state index in [0.29, 0.717) is 0 Å². The van der Waals surface area contributed by atoms with E-state index in [0.717, 1.165) is 0 Å². The van der Waals surface area contributed by atoms with Gasteiger partial charge in [0.15, 0.2) is 0 Å². The van der Waals surface area contributed by atoms with E-state index in [2.05, 4.69) is 74.5 Å². The van der Waals surface area contributed by atoms with Gasteiger partial charge in [0.2, 0.25) is 0 Å². The number of hydrogen-bond donors (Lipinski definition) is 0. The molecule has 0 amide bonds. The quantitative estimate of drug-likeness (QED) is 0.243. The van der Waals surface area contributed by atoms with Crippen LogP contribution in [0.1, 0.15) is 0 Å². The van der Waals surface area contributed by atoms with E-state index >= 15 is 0 Å². The van der Waals surface area contributed by atoms with Crippen molar-refractivity contribution in [3.63, 3.8) is 0 Å². The van der Waals surface area contributed by atoms with Crippen molar-refractivity contribution in [1.82, 2.24) is 0 Å². The molecule has 0 saturated heterocycles. The van der Waals surface area contributed by atoms with Gasteiger partial charge < -0.3 is 0 Å². The first-order chi connectivity index (χ1) is 3.55. The molecule has 0 aromatic rings. The molecule has 0 aromatic carbocycles. The maximum absolute atomic E-state index is 5.87. The van der Waals surface area contributed by atoms with Crippen LogP contribution >= 0.6 is 102 Å². The second-order valence-corrected chi connectivity index (χ2v) is 122. The molecular weight excluding hydrogens is 899 g/mol. The molecule has 0 aromatic heterocycles. The number of hydrogen-bond acceptors (Lipinski definition) is 0. The van der Waals surface area contributed by atoms with Crippen molar-refractivity contribution in [3.8, 4) is 0 Å². The molecule has 0 N–H and O–H groups in total. The van der Waals surface area contributed by atoms with E-state index in [1.54, 1.807) is 0 Å². The fourth-order valence-electron chi connectivity index (χ4n) is 0.0390. The van der Waals surface area contributed by atoms with Crippen LogP contribution in [0, 0.1) is 0 Å². The Morgan fingerprint density at radius 1 is 1.00 bits per heavy atom. The molecule has 52 valence electrons. The Labute approximate surface area is 103 Å². The Kier molecular flexibility index (Phi) is 12.5. The third kappa shape index (κ3) is 6.67. The monoisotopic (exact) mass is 899 g/mol. The summed E-state index contributed by atoms with van der Waals surface area (Å²) in [7, 11) is -0.935. The van der Waals surface area contributed by atoms with Crippen LogP contribution in [0.25, 0.3) is 0 Å².